The number of fused-ring (bicyclic) bond motifs is 1. The van der Waals surface area contributed by atoms with Gasteiger partial charge in [0.05, 0.1) is 30.4 Å². The first-order valence-electron chi connectivity index (χ1n) is 11.4. The van der Waals surface area contributed by atoms with Gasteiger partial charge in [0.2, 0.25) is 0 Å². The summed E-state index contributed by atoms with van der Waals surface area (Å²) >= 11 is 6.03. The van der Waals surface area contributed by atoms with E-state index in [0.29, 0.717) is 41.4 Å². The third kappa shape index (κ3) is 4.80. The predicted octanol–water partition coefficient (Wildman–Crippen LogP) is 6.00. The third-order valence-corrected chi connectivity index (χ3v) is 6.75. The number of hydrogen-bond donors (Lipinski definition) is 1. The molecule has 0 bridgehead atoms. The van der Waals surface area contributed by atoms with Gasteiger partial charge < -0.3 is 14.8 Å². The number of benzene rings is 2. The molecule has 3 aromatic rings. The van der Waals surface area contributed by atoms with Crippen LogP contribution in [0.25, 0.3) is 10.9 Å². The number of ether oxygens (including phenoxy) is 2. The van der Waals surface area contributed by atoms with Crippen LogP contribution < -0.4 is 14.8 Å². The molecular formula is C26H23ClF3N3O3. The highest BCUT2D eigenvalue weighted by Gasteiger charge is 2.56. The Bertz CT molecular complexity index is 1360. The Morgan fingerprint density at radius 1 is 1.22 bits per heavy atom. The van der Waals surface area contributed by atoms with E-state index in [1.165, 1.54) is 7.11 Å². The van der Waals surface area contributed by atoms with Crippen LogP contribution in [0.3, 0.4) is 0 Å². The first kappa shape index (κ1) is 24.2. The summed E-state index contributed by atoms with van der Waals surface area (Å²) in [6.07, 6.45) is 3.03. The van der Waals surface area contributed by atoms with Crippen molar-refractivity contribution in [1.82, 2.24) is 15.1 Å². The lowest BCUT2D eigenvalue weighted by Gasteiger charge is -2.30. The van der Waals surface area contributed by atoms with Crippen LogP contribution >= 0.6 is 11.6 Å². The highest BCUT2D eigenvalue weighted by atomic mass is 35.5. The minimum atomic E-state index is -4.99. The van der Waals surface area contributed by atoms with Crippen LogP contribution in [0, 0.1) is 0 Å². The first-order valence-corrected chi connectivity index (χ1v) is 11.8. The topological polar surface area (TPSA) is 65.4 Å². The van der Waals surface area contributed by atoms with Gasteiger partial charge in [-0.05, 0) is 61.2 Å². The monoisotopic (exact) mass is 517 g/mol. The van der Waals surface area contributed by atoms with Gasteiger partial charge in [0.25, 0.3) is 0 Å². The fourth-order valence-corrected chi connectivity index (χ4v) is 4.62. The average molecular weight is 518 g/mol. The largest absolute Gasteiger partial charge is 0.497 e. The molecule has 1 aromatic heterocycles. The molecule has 2 aliphatic rings. The SMILES string of the molecule is COc1cccc([C@@H](Oc2ccc3c(cnn3C3C=CC(Cl)=CC3)c2)C2(NC(=O)C(F)(F)F)CC2)c1. The molecule has 1 saturated carbocycles. The number of methoxy groups -OCH3 is 1. The van der Waals surface area contributed by atoms with Gasteiger partial charge in [-0.25, -0.2) is 0 Å². The van der Waals surface area contributed by atoms with Gasteiger partial charge >= 0.3 is 12.1 Å². The maximum absolute atomic E-state index is 13.1. The summed E-state index contributed by atoms with van der Waals surface area (Å²) in [5, 5.41) is 8.20. The molecule has 1 heterocycles. The number of nitrogens with zero attached hydrogens (tertiary/aromatic N) is 2. The summed E-state index contributed by atoms with van der Waals surface area (Å²) in [4.78, 5) is 11.8. The molecule has 0 radical (unpaired) electrons. The van der Waals surface area contributed by atoms with Gasteiger partial charge in [0, 0.05) is 10.4 Å². The molecule has 2 aromatic carbocycles. The zero-order valence-corrected chi connectivity index (χ0v) is 20.0. The van der Waals surface area contributed by atoms with Crippen molar-refractivity contribution in [1.29, 1.82) is 0 Å². The highest BCUT2D eigenvalue weighted by Crippen LogP contribution is 2.49. The fourth-order valence-electron chi connectivity index (χ4n) is 4.46. The zero-order valence-electron chi connectivity index (χ0n) is 19.3. The highest BCUT2D eigenvalue weighted by molar-refractivity contribution is 6.31. The van der Waals surface area contributed by atoms with Gasteiger partial charge in [-0.3, -0.25) is 9.48 Å². The maximum atomic E-state index is 13.1. The lowest BCUT2D eigenvalue weighted by atomic mass is 9.99. The van der Waals surface area contributed by atoms with Crippen LogP contribution in [0.4, 0.5) is 13.2 Å². The van der Waals surface area contributed by atoms with E-state index in [-0.39, 0.29) is 6.04 Å². The smallest absolute Gasteiger partial charge is 0.471 e. The molecule has 2 atom stereocenters. The molecule has 1 fully saturated rings. The molecule has 1 amide bonds. The Morgan fingerprint density at radius 2 is 2.03 bits per heavy atom. The predicted molar refractivity (Wildman–Crippen MR) is 129 cm³/mol. The van der Waals surface area contributed by atoms with E-state index in [1.807, 2.05) is 29.0 Å². The van der Waals surface area contributed by atoms with Crippen LogP contribution in [0.5, 0.6) is 11.5 Å². The van der Waals surface area contributed by atoms with E-state index in [4.69, 9.17) is 21.1 Å². The standard InChI is InChI=1S/C26H23ClF3N3O3/c1-35-20-4-2-3-16(13-20)23(25(11-12-25)32-24(34)26(28,29)30)36-21-9-10-22-17(14-21)15-31-33(22)19-7-5-18(27)6-8-19/h2-7,9-10,13-15,19,23H,8,11-12H2,1H3,(H,32,34)/t19?,23-/m1/s1. The minimum absolute atomic E-state index is 0.0219. The van der Waals surface area contributed by atoms with Crippen molar-refractivity contribution in [3.63, 3.8) is 0 Å². The van der Waals surface area contributed by atoms with Gasteiger partial charge in [-0.15, -0.1) is 0 Å². The van der Waals surface area contributed by atoms with E-state index in [9.17, 15) is 18.0 Å². The van der Waals surface area contributed by atoms with Gasteiger partial charge in [0.1, 0.15) is 17.6 Å². The quantitative estimate of drug-likeness (QED) is 0.417. The summed E-state index contributed by atoms with van der Waals surface area (Å²) in [6.45, 7) is 0. The number of rotatable bonds is 7. The Kier molecular flexibility index (Phi) is 6.20. The Labute approximate surface area is 210 Å². The van der Waals surface area contributed by atoms with Gasteiger partial charge in [-0.2, -0.15) is 18.3 Å². The molecule has 188 valence electrons. The lowest BCUT2D eigenvalue weighted by molar-refractivity contribution is -0.175. The maximum Gasteiger partial charge on any atom is 0.471 e. The fraction of sp³-hybridized carbons (Fsp3) is 0.308. The molecule has 5 rings (SSSR count). The summed E-state index contributed by atoms with van der Waals surface area (Å²) in [7, 11) is 1.50. The van der Waals surface area contributed by atoms with Crippen molar-refractivity contribution in [3.05, 3.63) is 77.5 Å². The number of halogens is 4. The molecule has 0 aliphatic heterocycles. The minimum Gasteiger partial charge on any atom is -0.497 e. The molecule has 10 heteroatoms. The Balaban J connectivity index is 1.46. The summed E-state index contributed by atoms with van der Waals surface area (Å²) in [5.41, 5.74) is 0.297. The van der Waals surface area contributed by atoms with E-state index in [2.05, 4.69) is 10.4 Å². The molecular weight excluding hydrogens is 495 g/mol. The molecule has 2 aliphatic carbocycles. The van der Waals surface area contributed by atoms with Crippen molar-refractivity contribution in [2.45, 2.75) is 43.1 Å². The van der Waals surface area contributed by atoms with Crippen molar-refractivity contribution in [2.75, 3.05) is 7.11 Å². The number of nitrogens with one attached hydrogen (secondary N) is 1. The molecule has 1 unspecified atom stereocenters. The van der Waals surface area contributed by atoms with E-state index in [0.717, 1.165) is 10.9 Å². The van der Waals surface area contributed by atoms with Gasteiger partial charge in [0.15, 0.2) is 0 Å². The number of carbonyl (C=O) groups is 1. The number of amides is 1. The van der Waals surface area contributed by atoms with Crippen molar-refractivity contribution in [3.8, 4) is 11.5 Å². The summed E-state index contributed by atoms with van der Waals surface area (Å²) < 4.78 is 52.7. The van der Waals surface area contributed by atoms with Crippen LogP contribution in [0.1, 0.15) is 37.0 Å². The second-order valence-corrected chi connectivity index (χ2v) is 9.38. The summed E-state index contributed by atoms with van der Waals surface area (Å²) in [6, 6.07) is 12.4. The zero-order chi connectivity index (χ0) is 25.5. The number of hydrogen-bond acceptors (Lipinski definition) is 4. The second kappa shape index (κ2) is 9.20. The van der Waals surface area contributed by atoms with E-state index >= 15 is 0 Å². The number of allylic oxidation sites excluding steroid dienone is 4. The normalized spacial score (nSPS) is 19.5. The molecule has 6 nitrogen and oxygen atoms in total. The Morgan fingerprint density at radius 3 is 2.69 bits per heavy atom. The number of carbonyl (C=O) groups excluding carboxylic acids is 1. The Hall–Kier alpha value is -3.46. The average Bonchev–Trinajstić information content (AvgIpc) is 3.51. The summed E-state index contributed by atoms with van der Waals surface area (Å²) in [5.74, 6) is -1.00. The van der Waals surface area contributed by atoms with Crippen LogP contribution in [-0.4, -0.2) is 34.5 Å². The second-order valence-electron chi connectivity index (χ2n) is 8.94. The van der Waals surface area contributed by atoms with Crippen LogP contribution in [0.15, 0.2) is 71.9 Å². The van der Waals surface area contributed by atoms with Crippen molar-refractivity contribution in [2.24, 2.45) is 0 Å². The lowest BCUT2D eigenvalue weighted by Crippen LogP contribution is -2.48. The molecule has 1 N–H and O–H groups in total. The number of alkyl halides is 3. The van der Waals surface area contributed by atoms with Gasteiger partial charge in [-0.1, -0.05) is 35.9 Å². The number of aromatic nitrogens is 2. The molecule has 0 saturated heterocycles. The first-order chi connectivity index (χ1) is 17.2. The van der Waals surface area contributed by atoms with E-state index < -0.39 is 23.7 Å². The molecule has 0 spiro atoms. The van der Waals surface area contributed by atoms with Crippen LogP contribution in [-0.2, 0) is 4.79 Å². The molecule has 36 heavy (non-hydrogen) atoms. The van der Waals surface area contributed by atoms with Crippen molar-refractivity contribution < 1.29 is 27.4 Å². The van der Waals surface area contributed by atoms with Crippen LogP contribution in [0.2, 0.25) is 0 Å². The third-order valence-electron chi connectivity index (χ3n) is 6.47. The van der Waals surface area contributed by atoms with E-state index in [1.54, 1.807) is 42.6 Å². The van der Waals surface area contributed by atoms with Crippen molar-refractivity contribution >= 4 is 28.4 Å².